The van der Waals surface area contributed by atoms with Gasteiger partial charge < -0.3 is 21.2 Å². The van der Waals surface area contributed by atoms with Crippen LogP contribution in [0.15, 0.2) is 23.7 Å². The maximum Gasteiger partial charge on any atom is 2.00 e. The van der Waals surface area contributed by atoms with Crippen molar-refractivity contribution < 1.29 is 83.4 Å². The van der Waals surface area contributed by atoms with Crippen molar-refractivity contribution in [1.82, 2.24) is 0 Å². The molecule has 0 radical (unpaired) electrons. The monoisotopic (exact) mass is 474 g/mol. The van der Waals surface area contributed by atoms with Crippen molar-refractivity contribution in [1.29, 1.82) is 0 Å². The SMILES string of the molecule is O.O.O=C(/C=C(\[O-])C(F)(F)F)C(F)(F)F.O=C(/C=C(\[O-])C(F)(F)F)C(F)(F)F.[Mg+2]. The van der Waals surface area contributed by atoms with Crippen LogP contribution in [0, 0.1) is 0 Å². The van der Waals surface area contributed by atoms with E-state index in [1.807, 2.05) is 0 Å². The minimum Gasteiger partial charge on any atom is -0.869 e. The van der Waals surface area contributed by atoms with E-state index in [1.165, 1.54) is 0 Å². The molecule has 0 heterocycles. The van der Waals surface area contributed by atoms with Crippen molar-refractivity contribution in [2.75, 3.05) is 0 Å². The van der Waals surface area contributed by atoms with E-state index in [-0.39, 0.29) is 34.0 Å². The van der Waals surface area contributed by atoms with Crippen LogP contribution in [0.5, 0.6) is 0 Å². The first-order valence-electron chi connectivity index (χ1n) is 5.24. The summed E-state index contributed by atoms with van der Waals surface area (Å²) in [5.41, 5.74) is 0. The summed E-state index contributed by atoms with van der Waals surface area (Å²) in [4.78, 5) is 19.6. The Hall–Kier alpha value is -1.73. The van der Waals surface area contributed by atoms with Crippen molar-refractivity contribution >= 4 is 34.6 Å². The molecule has 29 heavy (non-hydrogen) atoms. The average molecular weight is 474 g/mol. The Morgan fingerprint density at radius 3 is 0.793 bits per heavy atom. The second kappa shape index (κ2) is 12.7. The first-order valence-corrected chi connectivity index (χ1v) is 5.24. The average Bonchev–Trinajstić information content (AvgIpc) is 2.34. The number of rotatable bonds is 2. The predicted molar refractivity (Wildman–Crippen MR) is 63.4 cm³/mol. The van der Waals surface area contributed by atoms with E-state index in [0.29, 0.717) is 0 Å². The van der Waals surface area contributed by atoms with Gasteiger partial charge in [-0.2, -0.15) is 52.7 Å². The van der Waals surface area contributed by atoms with Crippen molar-refractivity contribution in [3.05, 3.63) is 23.7 Å². The Bertz CT molecular complexity index is 532. The van der Waals surface area contributed by atoms with E-state index in [4.69, 9.17) is 0 Å². The molecule has 0 saturated carbocycles. The molecule has 0 bridgehead atoms. The standard InChI is InChI=1S/2C5H2F6O2.Mg.2H2O/c2*6-4(7,8)2(12)1-3(13)5(9,10)11;;;/h2*1,12H;;2*1H2/q;;+2;;/p-2/b2*2-1-;;;. The van der Waals surface area contributed by atoms with E-state index in [0.717, 1.165) is 0 Å². The molecule has 4 N–H and O–H groups in total. The number of carbonyl (C=O) groups is 2. The molecule has 0 atom stereocenters. The summed E-state index contributed by atoms with van der Waals surface area (Å²) < 4.78 is 136. The molecule has 0 amide bonds. The topological polar surface area (TPSA) is 143 Å². The molecule has 19 heteroatoms. The van der Waals surface area contributed by atoms with Crippen LogP contribution in [0.25, 0.3) is 0 Å². The van der Waals surface area contributed by atoms with Gasteiger partial charge in [0.2, 0.25) is 0 Å². The van der Waals surface area contributed by atoms with E-state index in [1.54, 1.807) is 0 Å². The summed E-state index contributed by atoms with van der Waals surface area (Å²) in [6.45, 7) is 0. The second-order valence-electron chi connectivity index (χ2n) is 3.74. The molecule has 6 nitrogen and oxygen atoms in total. The zero-order chi connectivity index (χ0) is 21.7. The third-order valence-corrected chi connectivity index (χ3v) is 1.64. The molecule has 0 fully saturated rings. The molecule has 168 valence electrons. The number of allylic oxidation sites excluding steroid dienone is 4. The van der Waals surface area contributed by atoms with E-state index < -0.39 is 59.9 Å². The first-order chi connectivity index (χ1) is 11.1. The maximum absolute atomic E-state index is 11.3. The van der Waals surface area contributed by atoms with Gasteiger partial charge in [-0.05, 0) is 23.7 Å². The van der Waals surface area contributed by atoms with Gasteiger partial charge in [0, 0.05) is 0 Å². The van der Waals surface area contributed by atoms with Crippen LogP contribution < -0.4 is 10.2 Å². The molecule has 0 unspecified atom stereocenters. The molecule has 0 rings (SSSR count). The minimum absolute atomic E-state index is 0. The first kappa shape index (κ1) is 37.9. The number of carbonyl (C=O) groups excluding carboxylic acids is 2. The molecule has 0 aromatic rings. The molecule has 0 saturated heterocycles. The molecule has 0 aromatic heterocycles. The van der Waals surface area contributed by atoms with Gasteiger partial charge in [0.05, 0.1) is 0 Å². The van der Waals surface area contributed by atoms with Gasteiger partial charge in [-0.3, -0.25) is 9.59 Å². The van der Waals surface area contributed by atoms with Crippen LogP contribution in [-0.4, -0.2) is 70.3 Å². The van der Waals surface area contributed by atoms with Crippen LogP contribution in [-0.2, 0) is 9.59 Å². The van der Waals surface area contributed by atoms with Crippen molar-refractivity contribution in [3.63, 3.8) is 0 Å². The van der Waals surface area contributed by atoms with Crippen LogP contribution >= 0.6 is 0 Å². The van der Waals surface area contributed by atoms with Gasteiger partial charge in [-0.1, -0.05) is 0 Å². The summed E-state index contributed by atoms with van der Waals surface area (Å²) in [6.07, 6.45) is -23.9. The fraction of sp³-hybridized carbons (Fsp3) is 0.400. The van der Waals surface area contributed by atoms with Gasteiger partial charge in [-0.25, -0.2) is 0 Å². The number of hydrogen-bond acceptors (Lipinski definition) is 4. The van der Waals surface area contributed by atoms with Crippen LogP contribution in [0.1, 0.15) is 0 Å². The van der Waals surface area contributed by atoms with Crippen LogP contribution in [0.2, 0.25) is 0 Å². The largest absolute Gasteiger partial charge is 2.00 e. The van der Waals surface area contributed by atoms with Crippen LogP contribution in [0.4, 0.5) is 52.7 Å². The molecule has 0 aromatic carbocycles. The van der Waals surface area contributed by atoms with Gasteiger partial charge in [0.25, 0.3) is 11.6 Å². The van der Waals surface area contributed by atoms with E-state index >= 15 is 0 Å². The number of halogens is 12. The Morgan fingerprint density at radius 1 is 0.517 bits per heavy atom. The van der Waals surface area contributed by atoms with Crippen molar-refractivity contribution in [2.24, 2.45) is 0 Å². The van der Waals surface area contributed by atoms with Crippen molar-refractivity contribution in [2.45, 2.75) is 24.7 Å². The summed E-state index contributed by atoms with van der Waals surface area (Å²) in [5, 5.41) is 19.6. The summed E-state index contributed by atoms with van der Waals surface area (Å²) in [6, 6.07) is 0. The summed E-state index contributed by atoms with van der Waals surface area (Å²) in [7, 11) is 0. The smallest absolute Gasteiger partial charge is 0.869 e. The Kier molecular flexibility index (Phi) is 16.7. The molecular weight excluding hydrogens is 468 g/mol. The van der Waals surface area contributed by atoms with Crippen LogP contribution in [0.3, 0.4) is 0 Å². The van der Waals surface area contributed by atoms with Gasteiger partial charge in [0.1, 0.15) is 0 Å². The van der Waals surface area contributed by atoms with E-state index in [2.05, 4.69) is 0 Å². The van der Waals surface area contributed by atoms with Gasteiger partial charge in [-0.15, -0.1) is 0 Å². The van der Waals surface area contributed by atoms with Gasteiger partial charge in [0.15, 0.2) is 0 Å². The molecule has 0 aliphatic heterocycles. The number of hydrogen-bond donors (Lipinski definition) is 0. The third kappa shape index (κ3) is 16.9. The summed E-state index contributed by atoms with van der Waals surface area (Å²) in [5.74, 6) is -11.3. The zero-order valence-electron chi connectivity index (χ0n) is 13.0. The Balaban J connectivity index is -0.000000120. The Morgan fingerprint density at radius 2 is 0.690 bits per heavy atom. The maximum atomic E-state index is 11.3. The predicted octanol–water partition coefficient (Wildman–Crippen LogP) is -0.182. The third-order valence-electron chi connectivity index (χ3n) is 1.64. The Labute approximate surface area is 167 Å². The fourth-order valence-electron chi connectivity index (χ4n) is 0.565. The quantitative estimate of drug-likeness (QED) is 0.237. The molecular formula is C10H6F12MgO6. The number of ketones is 2. The summed E-state index contributed by atoms with van der Waals surface area (Å²) >= 11 is 0. The molecule has 0 aliphatic rings. The van der Waals surface area contributed by atoms with Gasteiger partial charge >= 0.3 is 47.8 Å². The van der Waals surface area contributed by atoms with E-state index in [9.17, 15) is 72.5 Å². The normalized spacial score (nSPS) is 13.0. The fourth-order valence-corrected chi connectivity index (χ4v) is 0.565. The molecule has 0 aliphatic carbocycles. The number of alkyl halides is 12. The van der Waals surface area contributed by atoms with Crippen molar-refractivity contribution in [3.8, 4) is 0 Å². The molecule has 0 spiro atoms. The minimum atomic E-state index is -5.46. The second-order valence-corrected chi connectivity index (χ2v) is 3.74. The zero-order valence-corrected chi connectivity index (χ0v) is 14.4.